The Morgan fingerprint density at radius 2 is 1.91 bits per heavy atom. The fourth-order valence-electron chi connectivity index (χ4n) is 4.21. The summed E-state index contributed by atoms with van der Waals surface area (Å²) >= 11 is 0. The summed E-state index contributed by atoms with van der Waals surface area (Å²) in [4.78, 5) is 2.72. The van der Waals surface area contributed by atoms with Gasteiger partial charge < -0.3 is 10.1 Å². The standard InChI is InChI=1S/C20H30N2O/c1-4-19(5-1)22-11-8-17-6-7-20(13-18(17)9-12-22)23-15-16-3-2-10-21-14-16/h6-7,13,16,19,21H,1-5,8-12,14-15H2/t16-/m0/s1. The third-order valence-corrected chi connectivity index (χ3v) is 5.99. The molecule has 3 nitrogen and oxygen atoms in total. The van der Waals surface area contributed by atoms with Crippen LogP contribution in [-0.4, -0.2) is 43.7 Å². The van der Waals surface area contributed by atoms with Crippen molar-refractivity contribution >= 4 is 0 Å². The van der Waals surface area contributed by atoms with Crippen LogP contribution >= 0.6 is 0 Å². The highest BCUT2D eigenvalue weighted by molar-refractivity contribution is 5.37. The van der Waals surface area contributed by atoms with Crippen LogP contribution in [0.2, 0.25) is 0 Å². The predicted octanol–water partition coefficient (Wildman–Crippen LogP) is 3.02. The van der Waals surface area contributed by atoms with Crippen LogP contribution in [-0.2, 0) is 12.8 Å². The Hall–Kier alpha value is -1.06. The van der Waals surface area contributed by atoms with E-state index in [1.54, 1.807) is 5.56 Å². The molecule has 23 heavy (non-hydrogen) atoms. The molecule has 1 aromatic carbocycles. The van der Waals surface area contributed by atoms with Gasteiger partial charge >= 0.3 is 0 Å². The molecule has 2 fully saturated rings. The van der Waals surface area contributed by atoms with Crippen LogP contribution in [0.3, 0.4) is 0 Å². The molecule has 2 heterocycles. The summed E-state index contributed by atoms with van der Waals surface area (Å²) in [6.45, 7) is 5.62. The first-order chi connectivity index (χ1) is 11.4. The normalized spacial score (nSPS) is 26.2. The maximum atomic E-state index is 6.11. The SMILES string of the molecule is c1cc2c(cc1OC[C@H]1CCCNC1)CCN(C1CCC1)CC2. The average Bonchev–Trinajstić information content (AvgIpc) is 2.75. The summed E-state index contributed by atoms with van der Waals surface area (Å²) in [7, 11) is 0. The molecule has 1 saturated heterocycles. The zero-order valence-corrected chi connectivity index (χ0v) is 14.2. The highest BCUT2D eigenvalue weighted by Crippen LogP contribution is 2.28. The summed E-state index contributed by atoms with van der Waals surface area (Å²) < 4.78 is 6.11. The van der Waals surface area contributed by atoms with Gasteiger partial charge in [0.2, 0.25) is 0 Å². The van der Waals surface area contributed by atoms with Crippen LogP contribution in [0.25, 0.3) is 0 Å². The molecule has 1 aliphatic carbocycles. The molecule has 0 radical (unpaired) electrons. The molecular weight excluding hydrogens is 284 g/mol. The van der Waals surface area contributed by atoms with E-state index in [0.717, 1.165) is 24.9 Å². The molecule has 0 spiro atoms. The zero-order valence-electron chi connectivity index (χ0n) is 14.2. The Bertz CT molecular complexity index is 520. The van der Waals surface area contributed by atoms with Crippen molar-refractivity contribution in [2.75, 3.05) is 32.8 Å². The second kappa shape index (κ2) is 7.23. The van der Waals surface area contributed by atoms with Crippen molar-refractivity contribution in [1.29, 1.82) is 0 Å². The molecule has 2 aliphatic heterocycles. The second-order valence-corrected chi connectivity index (χ2v) is 7.57. The number of ether oxygens (including phenoxy) is 1. The third-order valence-electron chi connectivity index (χ3n) is 5.99. The van der Waals surface area contributed by atoms with Crippen molar-refractivity contribution in [3.63, 3.8) is 0 Å². The molecule has 0 bridgehead atoms. The van der Waals surface area contributed by atoms with Gasteiger partial charge in [0.1, 0.15) is 5.75 Å². The van der Waals surface area contributed by atoms with E-state index in [1.807, 2.05) is 0 Å². The average molecular weight is 314 g/mol. The molecule has 0 unspecified atom stereocenters. The lowest BCUT2D eigenvalue weighted by Crippen LogP contribution is -2.41. The number of hydrogen-bond donors (Lipinski definition) is 1. The molecule has 1 atom stereocenters. The smallest absolute Gasteiger partial charge is 0.119 e. The van der Waals surface area contributed by atoms with Crippen molar-refractivity contribution < 1.29 is 4.74 Å². The maximum absolute atomic E-state index is 6.11. The van der Waals surface area contributed by atoms with Gasteiger partial charge in [0.05, 0.1) is 6.61 Å². The van der Waals surface area contributed by atoms with E-state index in [2.05, 4.69) is 28.4 Å². The van der Waals surface area contributed by atoms with Gasteiger partial charge in [-0.1, -0.05) is 12.5 Å². The van der Waals surface area contributed by atoms with Crippen LogP contribution in [0.15, 0.2) is 18.2 Å². The van der Waals surface area contributed by atoms with Crippen LogP contribution in [0, 0.1) is 5.92 Å². The molecule has 0 aromatic heterocycles. The highest BCUT2D eigenvalue weighted by atomic mass is 16.5. The molecule has 0 amide bonds. The fourth-order valence-corrected chi connectivity index (χ4v) is 4.21. The molecule has 3 aliphatic rings. The third kappa shape index (κ3) is 3.72. The molecule has 1 saturated carbocycles. The molecule has 126 valence electrons. The van der Waals surface area contributed by atoms with E-state index in [0.29, 0.717) is 5.92 Å². The van der Waals surface area contributed by atoms with Crippen LogP contribution in [0.5, 0.6) is 5.75 Å². The number of rotatable bonds is 4. The largest absolute Gasteiger partial charge is 0.493 e. The molecule has 1 aromatic rings. The van der Waals surface area contributed by atoms with E-state index in [9.17, 15) is 0 Å². The van der Waals surface area contributed by atoms with Crippen molar-refractivity contribution in [1.82, 2.24) is 10.2 Å². The minimum atomic E-state index is 0.677. The lowest BCUT2D eigenvalue weighted by Gasteiger charge is -2.36. The number of benzene rings is 1. The van der Waals surface area contributed by atoms with E-state index in [1.165, 1.54) is 70.1 Å². The number of fused-ring (bicyclic) bond motifs is 1. The van der Waals surface area contributed by atoms with E-state index < -0.39 is 0 Å². The Kier molecular flexibility index (Phi) is 4.86. The Morgan fingerprint density at radius 3 is 2.65 bits per heavy atom. The van der Waals surface area contributed by atoms with Crippen molar-refractivity contribution in [3.8, 4) is 5.75 Å². The van der Waals surface area contributed by atoms with Gasteiger partial charge in [-0.25, -0.2) is 0 Å². The van der Waals surface area contributed by atoms with Gasteiger partial charge in [0.15, 0.2) is 0 Å². The summed E-state index contributed by atoms with van der Waals surface area (Å²) in [6.07, 6.45) is 9.25. The number of nitrogens with one attached hydrogen (secondary N) is 1. The lowest BCUT2D eigenvalue weighted by atomic mass is 9.91. The molecular formula is C20H30N2O. The van der Waals surface area contributed by atoms with Gasteiger partial charge in [-0.15, -0.1) is 0 Å². The monoisotopic (exact) mass is 314 g/mol. The second-order valence-electron chi connectivity index (χ2n) is 7.57. The molecule has 1 N–H and O–H groups in total. The minimum Gasteiger partial charge on any atom is -0.493 e. The Labute approximate surface area is 140 Å². The Balaban J connectivity index is 1.35. The zero-order chi connectivity index (χ0) is 15.5. The summed E-state index contributed by atoms with van der Waals surface area (Å²) in [6, 6.07) is 7.69. The van der Waals surface area contributed by atoms with E-state index in [-0.39, 0.29) is 0 Å². The fraction of sp³-hybridized carbons (Fsp3) is 0.700. The molecule has 4 rings (SSSR count). The number of nitrogens with zero attached hydrogens (tertiary/aromatic N) is 1. The van der Waals surface area contributed by atoms with Crippen molar-refractivity contribution in [2.45, 2.75) is 51.0 Å². The minimum absolute atomic E-state index is 0.677. The van der Waals surface area contributed by atoms with Gasteiger partial charge in [0, 0.05) is 31.6 Å². The first kappa shape index (κ1) is 15.5. The first-order valence-corrected chi connectivity index (χ1v) is 9.58. The number of piperidine rings is 1. The van der Waals surface area contributed by atoms with Gasteiger partial charge in [0.25, 0.3) is 0 Å². The van der Waals surface area contributed by atoms with Crippen molar-refractivity contribution in [2.24, 2.45) is 5.92 Å². The van der Waals surface area contributed by atoms with Crippen molar-refractivity contribution in [3.05, 3.63) is 29.3 Å². The summed E-state index contributed by atoms with van der Waals surface area (Å²) in [5.41, 5.74) is 3.06. The number of hydrogen-bond acceptors (Lipinski definition) is 3. The quantitative estimate of drug-likeness (QED) is 0.924. The van der Waals surface area contributed by atoms with E-state index >= 15 is 0 Å². The highest BCUT2D eigenvalue weighted by Gasteiger charge is 2.26. The summed E-state index contributed by atoms with van der Waals surface area (Å²) in [5.74, 6) is 1.75. The lowest BCUT2D eigenvalue weighted by molar-refractivity contribution is 0.133. The first-order valence-electron chi connectivity index (χ1n) is 9.58. The topological polar surface area (TPSA) is 24.5 Å². The van der Waals surface area contributed by atoms with Crippen LogP contribution < -0.4 is 10.1 Å². The van der Waals surface area contributed by atoms with E-state index in [4.69, 9.17) is 4.74 Å². The van der Waals surface area contributed by atoms with Gasteiger partial charge in [-0.05, 0) is 68.3 Å². The van der Waals surface area contributed by atoms with Crippen LogP contribution in [0.4, 0.5) is 0 Å². The molecule has 3 heteroatoms. The van der Waals surface area contributed by atoms with Gasteiger partial charge in [-0.2, -0.15) is 0 Å². The summed E-state index contributed by atoms with van der Waals surface area (Å²) in [5, 5.41) is 3.47. The maximum Gasteiger partial charge on any atom is 0.119 e. The van der Waals surface area contributed by atoms with Gasteiger partial charge in [-0.3, -0.25) is 4.90 Å². The van der Waals surface area contributed by atoms with Crippen LogP contribution in [0.1, 0.15) is 43.2 Å². The predicted molar refractivity (Wildman–Crippen MR) is 94.2 cm³/mol. The Morgan fingerprint density at radius 1 is 1.04 bits per heavy atom.